The molecule has 0 fully saturated rings. The molecule has 152 valence electrons. The second kappa shape index (κ2) is 10.0. The van der Waals surface area contributed by atoms with Crippen molar-refractivity contribution in [3.05, 3.63) is 18.2 Å². The largest absolute Gasteiger partial charge is 0.486 e. The van der Waals surface area contributed by atoms with E-state index < -0.39 is 11.7 Å². The Bertz CT molecular complexity index is 765. The Balaban J connectivity index is 1.87. The lowest BCUT2D eigenvalue weighted by molar-refractivity contribution is 0.0527. The lowest BCUT2D eigenvalue weighted by Gasteiger charge is -2.23. The van der Waals surface area contributed by atoms with Crippen molar-refractivity contribution in [3.8, 4) is 23.3 Å². The normalized spacial score (nSPS) is 13.4. The number of fused-ring (bicyclic) bond motifs is 1. The number of thiocarbonyl (C=S) groups is 1. The van der Waals surface area contributed by atoms with E-state index in [2.05, 4.69) is 27.8 Å². The number of alkyl carbamates (subject to hydrolysis) is 1. The highest BCUT2D eigenvalue weighted by Gasteiger charge is 2.18. The van der Waals surface area contributed by atoms with Crippen molar-refractivity contribution in [2.24, 2.45) is 0 Å². The number of para-hydroxylation sites is 1. The Kier molecular flexibility index (Phi) is 7.76. The van der Waals surface area contributed by atoms with E-state index in [0.29, 0.717) is 42.8 Å². The molecule has 0 aliphatic carbocycles. The summed E-state index contributed by atoms with van der Waals surface area (Å²) in [4.78, 5) is 11.7. The van der Waals surface area contributed by atoms with E-state index >= 15 is 0 Å². The minimum absolute atomic E-state index is 0.225. The summed E-state index contributed by atoms with van der Waals surface area (Å²) in [5.41, 5.74) is 0.196. The molecule has 0 aromatic heterocycles. The van der Waals surface area contributed by atoms with Crippen molar-refractivity contribution in [1.82, 2.24) is 10.6 Å². The lowest BCUT2D eigenvalue weighted by atomic mass is 10.2. The van der Waals surface area contributed by atoms with Crippen LogP contribution in [0, 0.1) is 11.8 Å². The second-order valence-corrected chi connectivity index (χ2v) is 7.50. The number of hydrogen-bond donors (Lipinski definition) is 3. The van der Waals surface area contributed by atoms with Gasteiger partial charge in [-0.15, -0.1) is 5.92 Å². The first kappa shape index (κ1) is 21.6. The van der Waals surface area contributed by atoms with Gasteiger partial charge in [0.05, 0.1) is 11.7 Å². The van der Waals surface area contributed by atoms with Gasteiger partial charge in [-0.1, -0.05) is 12.0 Å². The summed E-state index contributed by atoms with van der Waals surface area (Å²) >= 11 is 5.41. The van der Waals surface area contributed by atoms with Crippen molar-refractivity contribution in [2.45, 2.75) is 45.8 Å². The van der Waals surface area contributed by atoms with Gasteiger partial charge in [0.25, 0.3) is 0 Å². The van der Waals surface area contributed by atoms with Crippen molar-refractivity contribution < 1.29 is 19.0 Å². The Morgan fingerprint density at radius 1 is 1.32 bits per heavy atom. The molecule has 1 aromatic rings. The van der Waals surface area contributed by atoms with Crippen molar-refractivity contribution >= 4 is 29.1 Å². The average Bonchev–Trinajstić information content (AvgIpc) is 2.60. The zero-order valence-corrected chi connectivity index (χ0v) is 17.5. The number of amides is 1. The standard InChI is InChI=1S/C20H27N3O4S/c1-5-7-14(10-11-21-19(24)27-20(2,3)4)22-18(28)23-15-8-6-9-16-17(15)26-13-12-25-16/h6,8-9,14H,10-13H2,1-4H3,(H,21,24)(H2,22,23,28)/t14-/m0/s1. The quantitative estimate of drug-likeness (QED) is 0.513. The molecule has 1 aliphatic heterocycles. The van der Waals surface area contributed by atoms with Gasteiger partial charge in [0.2, 0.25) is 0 Å². The van der Waals surface area contributed by atoms with Crippen molar-refractivity contribution in [2.75, 3.05) is 25.1 Å². The number of ether oxygens (including phenoxy) is 3. The third-order valence-corrected chi connectivity index (χ3v) is 3.76. The first-order valence-electron chi connectivity index (χ1n) is 9.14. The Hall–Kier alpha value is -2.66. The van der Waals surface area contributed by atoms with Crippen LogP contribution >= 0.6 is 12.2 Å². The third kappa shape index (κ3) is 7.16. The van der Waals surface area contributed by atoms with Gasteiger partial charge in [0, 0.05) is 6.54 Å². The highest BCUT2D eigenvalue weighted by Crippen LogP contribution is 2.37. The molecule has 0 bridgehead atoms. The number of carbonyl (C=O) groups is 1. The van der Waals surface area contributed by atoms with Gasteiger partial charge in [-0.05, 0) is 58.5 Å². The molecule has 0 saturated heterocycles. The van der Waals surface area contributed by atoms with Gasteiger partial charge < -0.3 is 30.2 Å². The molecule has 1 atom stereocenters. The highest BCUT2D eigenvalue weighted by atomic mass is 32.1. The van der Waals surface area contributed by atoms with E-state index in [1.807, 2.05) is 39.0 Å². The molecule has 2 rings (SSSR count). The molecule has 0 radical (unpaired) electrons. The number of benzene rings is 1. The molecular weight excluding hydrogens is 378 g/mol. The fourth-order valence-electron chi connectivity index (χ4n) is 2.48. The smallest absolute Gasteiger partial charge is 0.407 e. The highest BCUT2D eigenvalue weighted by molar-refractivity contribution is 7.80. The molecule has 1 aromatic carbocycles. The Morgan fingerprint density at radius 3 is 2.79 bits per heavy atom. The summed E-state index contributed by atoms with van der Waals surface area (Å²) in [6.45, 7) is 8.64. The van der Waals surface area contributed by atoms with Crippen molar-refractivity contribution in [1.29, 1.82) is 0 Å². The molecule has 28 heavy (non-hydrogen) atoms. The molecule has 8 heteroatoms. The maximum absolute atomic E-state index is 11.7. The van der Waals surface area contributed by atoms with Crippen molar-refractivity contribution in [3.63, 3.8) is 0 Å². The maximum atomic E-state index is 11.7. The zero-order chi connectivity index (χ0) is 20.6. The summed E-state index contributed by atoms with van der Waals surface area (Å²) in [6, 6.07) is 5.36. The minimum Gasteiger partial charge on any atom is -0.486 e. The zero-order valence-electron chi connectivity index (χ0n) is 16.7. The third-order valence-electron chi connectivity index (χ3n) is 3.54. The molecule has 1 amide bonds. The molecule has 7 nitrogen and oxygen atoms in total. The van der Waals surface area contributed by atoms with Crippen LogP contribution in [0.1, 0.15) is 34.1 Å². The van der Waals surface area contributed by atoms with E-state index in [4.69, 9.17) is 26.4 Å². The molecule has 1 aliphatic rings. The number of carbonyl (C=O) groups excluding carboxylic acids is 1. The van der Waals surface area contributed by atoms with Crippen LogP contribution < -0.4 is 25.4 Å². The monoisotopic (exact) mass is 405 g/mol. The van der Waals surface area contributed by atoms with Crippen LogP contribution in [0.3, 0.4) is 0 Å². The molecule has 1 heterocycles. The van der Waals surface area contributed by atoms with E-state index in [0.717, 1.165) is 5.69 Å². The van der Waals surface area contributed by atoms with Crippen LogP contribution in [0.2, 0.25) is 0 Å². The summed E-state index contributed by atoms with van der Waals surface area (Å²) < 4.78 is 16.5. The first-order valence-corrected chi connectivity index (χ1v) is 9.54. The summed E-state index contributed by atoms with van der Waals surface area (Å²) in [6.07, 6.45) is 0.110. The maximum Gasteiger partial charge on any atom is 0.407 e. The van der Waals surface area contributed by atoms with Gasteiger partial charge in [-0.3, -0.25) is 0 Å². The number of anilines is 1. The lowest BCUT2D eigenvalue weighted by Crippen LogP contribution is -2.40. The number of hydrogen-bond acceptors (Lipinski definition) is 5. The fraction of sp³-hybridized carbons (Fsp3) is 0.500. The topological polar surface area (TPSA) is 80.9 Å². The predicted octanol–water partition coefficient (Wildman–Crippen LogP) is 3.05. The van der Waals surface area contributed by atoms with Crippen LogP contribution in [0.15, 0.2) is 18.2 Å². The van der Waals surface area contributed by atoms with Gasteiger partial charge >= 0.3 is 6.09 Å². The van der Waals surface area contributed by atoms with E-state index in [-0.39, 0.29) is 6.04 Å². The van der Waals surface area contributed by atoms with Gasteiger partial charge in [-0.25, -0.2) is 4.79 Å². The number of nitrogens with one attached hydrogen (secondary N) is 3. The fourth-order valence-corrected chi connectivity index (χ4v) is 2.73. The van der Waals surface area contributed by atoms with Gasteiger partial charge in [0.15, 0.2) is 16.6 Å². The van der Waals surface area contributed by atoms with Gasteiger partial charge in [-0.2, -0.15) is 0 Å². The van der Waals surface area contributed by atoms with Crippen LogP contribution in [-0.2, 0) is 4.74 Å². The first-order chi connectivity index (χ1) is 13.3. The Labute approximate surface area is 171 Å². The van der Waals surface area contributed by atoms with Crippen LogP contribution in [0.25, 0.3) is 0 Å². The molecular formula is C20H27N3O4S. The van der Waals surface area contributed by atoms with E-state index in [9.17, 15) is 4.79 Å². The summed E-state index contributed by atoms with van der Waals surface area (Å²) in [5, 5.41) is 9.41. The predicted molar refractivity (Wildman–Crippen MR) is 113 cm³/mol. The molecule has 3 N–H and O–H groups in total. The number of rotatable bonds is 5. The van der Waals surface area contributed by atoms with Crippen LogP contribution in [-0.4, -0.2) is 42.6 Å². The molecule has 0 spiro atoms. The van der Waals surface area contributed by atoms with Crippen LogP contribution in [0.4, 0.5) is 10.5 Å². The van der Waals surface area contributed by atoms with Crippen LogP contribution in [0.5, 0.6) is 11.5 Å². The molecule has 0 saturated carbocycles. The molecule has 0 unspecified atom stereocenters. The summed E-state index contributed by atoms with van der Waals surface area (Å²) in [7, 11) is 0. The summed E-state index contributed by atoms with van der Waals surface area (Å²) in [5.74, 6) is 7.25. The SMILES string of the molecule is CC#C[C@@H](CCNC(=O)OC(C)(C)C)NC(=S)Nc1cccc2c1OCCO2. The van der Waals surface area contributed by atoms with E-state index in [1.165, 1.54) is 0 Å². The second-order valence-electron chi connectivity index (χ2n) is 7.09. The average molecular weight is 406 g/mol. The minimum atomic E-state index is -0.531. The Morgan fingerprint density at radius 2 is 2.07 bits per heavy atom. The van der Waals surface area contributed by atoms with Gasteiger partial charge in [0.1, 0.15) is 18.8 Å². The van der Waals surface area contributed by atoms with E-state index in [1.54, 1.807) is 6.92 Å².